The summed E-state index contributed by atoms with van der Waals surface area (Å²) < 4.78 is 26.3. The molecule has 0 fully saturated rings. The van der Waals surface area contributed by atoms with Gasteiger partial charge in [0.2, 0.25) is 0 Å². The summed E-state index contributed by atoms with van der Waals surface area (Å²) in [4.78, 5) is 5.67. The van der Waals surface area contributed by atoms with Crippen molar-refractivity contribution in [3.05, 3.63) is 23.0 Å². The lowest BCUT2D eigenvalue weighted by atomic mass is 10.4. The second-order valence-corrected chi connectivity index (χ2v) is 4.64. The van der Waals surface area contributed by atoms with Gasteiger partial charge in [0.1, 0.15) is 6.54 Å². The third-order valence-electron chi connectivity index (χ3n) is 2.55. The first-order chi connectivity index (χ1) is 8.93. The van der Waals surface area contributed by atoms with E-state index in [1.807, 2.05) is 24.6 Å². The number of hydrogen-bond acceptors (Lipinski definition) is 1. The van der Waals surface area contributed by atoms with Crippen molar-refractivity contribution in [3.8, 4) is 0 Å². The van der Waals surface area contributed by atoms with Crippen molar-refractivity contribution in [1.29, 1.82) is 0 Å². The van der Waals surface area contributed by atoms with Crippen LogP contribution in [0.15, 0.2) is 17.3 Å². The largest absolute Gasteiger partial charge is 0.357 e. The molecule has 0 radical (unpaired) electrons. The summed E-state index contributed by atoms with van der Waals surface area (Å²) >= 11 is 5.91. The molecule has 0 bridgehead atoms. The number of aliphatic imine (C=N–C) groups is 1. The first-order valence-electron chi connectivity index (χ1n) is 6.02. The smallest absolute Gasteiger partial charge is 0.257 e. The molecule has 0 aliphatic carbocycles. The number of aryl methyl sites for hydroxylation is 1. The van der Waals surface area contributed by atoms with Crippen molar-refractivity contribution in [3.63, 3.8) is 0 Å². The third-order valence-corrected chi connectivity index (χ3v) is 2.76. The highest BCUT2D eigenvalue weighted by molar-refractivity contribution is 6.30. The maximum Gasteiger partial charge on any atom is 0.257 e. The van der Waals surface area contributed by atoms with E-state index < -0.39 is 13.0 Å². The Balaban J connectivity index is 2.74. The van der Waals surface area contributed by atoms with Crippen LogP contribution in [0.25, 0.3) is 0 Å². The Kier molecular flexibility index (Phi) is 6.08. The fourth-order valence-electron chi connectivity index (χ4n) is 1.67. The van der Waals surface area contributed by atoms with Crippen LogP contribution >= 0.6 is 11.6 Å². The predicted molar refractivity (Wildman–Crippen MR) is 73.9 cm³/mol. The van der Waals surface area contributed by atoms with Gasteiger partial charge >= 0.3 is 0 Å². The van der Waals surface area contributed by atoms with Crippen molar-refractivity contribution >= 4 is 17.6 Å². The van der Waals surface area contributed by atoms with E-state index in [1.165, 1.54) is 0 Å². The van der Waals surface area contributed by atoms with Gasteiger partial charge in [0.05, 0.1) is 11.6 Å². The van der Waals surface area contributed by atoms with Gasteiger partial charge in [-0.2, -0.15) is 0 Å². The van der Waals surface area contributed by atoms with E-state index in [1.54, 1.807) is 18.1 Å². The van der Waals surface area contributed by atoms with Crippen molar-refractivity contribution in [2.45, 2.75) is 19.9 Å². The van der Waals surface area contributed by atoms with Crippen LogP contribution in [-0.4, -0.2) is 42.0 Å². The fraction of sp³-hybridized carbons (Fsp3) is 0.583. The van der Waals surface area contributed by atoms with Crippen molar-refractivity contribution in [2.24, 2.45) is 12.0 Å². The van der Waals surface area contributed by atoms with Gasteiger partial charge in [-0.1, -0.05) is 11.6 Å². The zero-order chi connectivity index (χ0) is 14.4. The number of nitrogens with zero attached hydrogens (tertiary/aromatic N) is 3. The van der Waals surface area contributed by atoms with Gasteiger partial charge in [-0.15, -0.1) is 0 Å². The maximum absolute atomic E-state index is 12.2. The number of guanidine groups is 1. The molecule has 0 aliphatic heterocycles. The molecule has 19 heavy (non-hydrogen) atoms. The highest BCUT2D eigenvalue weighted by Gasteiger charge is 2.10. The number of hydrogen-bond donors (Lipinski definition) is 1. The van der Waals surface area contributed by atoms with Crippen LogP contribution in [0.1, 0.15) is 12.6 Å². The Morgan fingerprint density at radius 1 is 1.58 bits per heavy atom. The van der Waals surface area contributed by atoms with Crippen LogP contribution in [-0.2, 0) is 13.6 Å². The Bertz CT molecular complexity index is 431. The van der Waals surface area contributed by atoms with Crippen molar-refractivity contribution < 1.29 is 8.78 Å². The minimum Gasteiger partial charge on any atom is -0.357 e. The van der Waals surface area contributed by atoms with Gasteiger partial charge < -0.3 is 14.8 Å². The van der Waals surface area contributed by atoms with Crippen LogP contribution in [0.2, 0.25) is 5.02 Å². The summed E-state index contributed by atoms with van der Waals surface area (Å²) in [6.07, 6.45) is -0.639. The zero-order valence-electron chi connectivity index (χ0n) is 11.3. The molecule has 0 amide bonds. The third kappa shape index (κ3) is 5.06. The first kappa shape index (κ1) is 15.8. The normalized spacial score (nSPS) is 12.1. The van der Waals surface area contributed by atoms with Gasteiger partial charge in [0, 0.05) is 32.5 Å². The van der Waals surface area contributed by atoms with Gasteiger partial charge in [-0.3, -0.25) is 0 Å². The van der Waals surface area contributed by atoms with Crippen LogP contribution in [0, 0.1) is 0 Å². The topological polar surface area (TPSA) is 32.6 Å². The summed E-state index contributed by atoms with van der Waals surface area (Å²) in [6.45, 7) is 2.56. The molecular weight excluding hydrogens is 274 g/mol. The molecule has 1 aromatic heterocycles. The quantitative estimate of drug-likeness (QED) is 0.667. The van der Waals surface area contributed by atoms with E-state index in [2.05, 4.69) is 10.3 Å². The standard InChI is InChI=1S/C12H19ClF2N4/c1-4-16-12(17-6-11(14)15)19(3)8-10-5-9(13)7-18(10)2/h5,7,11H,4,6,8H2,1-3H3,(H,16,17). The summed E-state index contributed by atoms with van der Waals surface area (Å²) in [5, 5.41) is 3.64. The van der Waals surface area contributed by atoms with Crippen molar-refractivity contribution in [2.75, 3.05) is 20.1 Å². The van der Waals surface area contributed by atoms with Crippen LogP contribution in [0.3, 0.4) is 0 Å². The highest BCUT2D eigenvalue weighted by Crippen LogP contribution is 2.14. The van der Waals surface area contributed by atoms with Crippen LogP contribution in [0.5, 0.6) is 0 Å². The number of aromatic nitrogens is 1. The molecule has 4 nitrogen and oxygen atoms in total. The SMILES string of the molecule is CCNC(=NCC(F)F)N(C)Cc1cc(Cl)cn1C. The lowest BCUT2D eigenvalue weighted by Gasteiger charge is -2.22. The molecule has 0 aromatic carbocycles. The summed E-state index contributed by atoms with van der Waals surface area (Å²) in [5.74, 6) is 0.458. The molecule has 0 aliphatic rings. The molecule has 0 spiro atoms. The summed E-state index contributed by atoms with van der Waals surface area (Å²) in [6, 6.07) is 1.84. The van der Waals surface area contributed by atoms with E-state index in [9.17, 15) is 8.78 Å². The number of rotatable bonds is 5. The van der Waals surface area contributed by atoms with E-state index in [0.29, 0.717) is 24.1 Å². The molecule has 1 N–H and O–H groups in total. The fourth-order valence-corrected chi connectivity index (χ4v) is 1.94. The summed E-state index contributed by atoms with van der Waals surface area (Å²) in [5.41, 5.74) is 0.982. The number of halogens is 3. The lowest BCUT2D eigenvalue weighted by Crippen LogP contribution is -2.39. The van der Waals surface area contributed by atoms with E-state index in [0.717, 1.165) is 5.69 Å². The van der Waals surface area contributed by atoms with Crippen LogP contribution in [0.4, 0.5) is 8.78 Å². The monoisotopic (exact) mass is 292 g/mol. The lowest BCUT2D eigenvalue weighted by molar-refractivity contribution is 0.158. The molecule has 0 atom stereocenters. The van der Waals surface area contributed by atoms with Crippen molar-refractivity contribution in [1.82, 2.24) is 14.8 Å². The van der Waals surface area contributed by atoms with Gasteiger partial charge in [0.25, 0.3) is 6.43 Å². The first-order valence-corrected chi connectivity index (χ1v) is 6.40. The Morgan fingerprint density at radius 3 is 2.74 bits per heavy atom. The average Bonchev–Trinajstić information content (AvgIpc) is 2.62. The Labute approximate surface area is 117 Å². The Morgan fingerprint density at radius 2 is 2.26 bits per heavy atom. The van der Waals surface area contributed by atoms with Gasteiger partial charge in [-0.05, 0) is 13.0 Å². The second-order valence-electron chi connectivity index (χ2n) is 4.20. The molecule has 0 saturated carbocycles. The second kappa shape index (κ2) is 7.33. The molecule has 7 heteroatoms. The highest BCUT2D eigenvalue weighted by atomic mass is 35.5. The number of alkyl halides is 2. The Hall–Kier alpha value is -1.30. The molecule has 1 aromatic rings. The number of nitrogens with one attached hydrogen (secondary N) is 1. The van der Waals surface area contributed by atoms with E-state index in [4.69, 9.17) is 11.6 Å². The zero-order valence-corrected chi connectivity index (χ0v) is 12.1. The molecule has 1 heterocycles. The molecule has 1 rings (SSSR count). The molecule has 0 unspecified atom stereocenters. The minimum atomic E-state index is -2.44. The van der Waals surface area contributed by atoms with Crippen LogP contribution < -0.4 is 5.32 Å². The van der Waals surface area contributed by atoms with Gasteiger partial charge in [-0.25, -0.2) is 13.8 Å². The molecule has 0 saturated heterocycles. The molecule has 108 valence electrons. The average molecular weight is 293 g/mol. The minimum absolute atomic E-state index is 0.458. The summed E-state index contributed by atoms with van der Waals surface area (Å²) in [7, 11) is 3.69. The van der Waals surface area contributed by atoms with Gasteiger partial charge in [0.15, 0.2) is 5.96 Å². The maximum atomic E-state index is 12.2. The van der Waals surface area contributed by atoms with E-state index in [-0.39, 0.29) is 0 Å². The molecular formula is C12H19ClF2N4. The van der Waals surface area contributed by atoms with E-state index >= 15 is 0 Å². The predicted octanol–water partition coefficient (Wildman–Crippen LogP) is 2.34.